The molecule has 0 radical (unpaired) electrons. The summed E-state index contributed by atoms with van der Waals surface area (Å²) in [5, 5.41) is 9.43. The monoisotopic (exact) mass is 295 g/mol. The van der Waals surface area contributed by atoms with Gasteiger partial charge in [0.1, 0.15) is 0 Å². The first-order valence-electron chi connectivity index (χ1n) is 9.01. The van der Waals surface area contributed by atoms with Gasteiger partial charge in [-0.3, -0.25) is 4.79 Å². The van der Waals surface area contributed by atoms with Crippen molar-refractivity contribution in [1.29, 1.82) is 0 Å². The molecule has 0 atom stereocenters. The summed E-state index contributed by atoms with van der Waals surface area (Å²) in [5.74, 6) is 0.920. The predicted octanol–water partition coefficient (Wildman–Crippen LogP) is 3.75. The van der Waals surface area contributed by atoms with Crippen molar-refractivity contribution < 1.29 is 9.90 Å². The van der Waals surface area contributed by atoms with Gasteiger partial charge in [0.15, 0.2) is 0 Å². The highest BCUT2D eigenvalue weighted by Gasteiger charge is 2.44. The van der Waals surface area contributed by atoms with Gasteiger partial charge in [0.25, 0.3) is 0 Å². The summed E-state index contributed by atoms with van der Waals surface area (Å²) in [6.45, 7) is 5.08. The Morgan fingerprint density at radius 2 is 1.76 bits per heavy atom. The van der Waals surface area contributed by atoms with E-state index in [1.165, 1.54) is 32.1 Å². The molecule has 3 heteroatoms. The second-order valence-electron chi connectivity index (χ2n) is 7.60. The van der Waals surface area contributed by atoms with E-state index in [0.717, 1.165) is 32.1 Å². The van der Waals surface area contributed by atoms with Gasteiger partial charge in [-0.25, -0.2) is 0 Å². The Bertz CT molecular complexity index is 328. The van der Waals surface area contributed by atoms with Crippen molar-refractivity contribution in [1.82, 2.24) is 4.90 Å². The van der Waals surface area contributed by atoms with Gasteiger partial charge >= 0.3 is 0 Å². The molecule has 0 spiro atoms. The highest BCUT2D eigenvalue weighted by atomic mass is 16.3. The molecule has 1 amide bonds. The molecule has 122 valence electrons. The van der Waals surface area contributed by atoms with Crippen LogP contribution in [0.15, 0.2) is 0 Å². The molecule has 0 aliphatic heterocycles. The SMILES string of the molecule is CC(C)CC1(C(=O)N(CCO)C2CCCCC2)CCCC1. The van der Waals surface area contributed by atoms with Crippen LogP contribution in [-0.4, -0.2) is 35.1 Å². The van der Waals surface area contributed by atoms with E-state index in [0.29, 0.717) is 24.4 Å². The first kappa shape index (κ1) is 16.8. The van der Waals surface area contributed by atoms with Crippen molar-refractivity contribution in [2.75, 3.05) is 13.2 Å². The maximum Gasteiger partial charge on any atom is 0.229 e. The molecule has 2 rings (SSSR count). The molecule has 0 bridgehead atoms. The fourth-order valence-corrected chi connectivity index (χ4v) is 4.59. The summed E-state index contributed by atoms with van der Waals surface area (Å²) in [4.78, 5) is 15.4. The number of carbonyl (C=O) groups is 1. The topological polar surface area (TPSA) is 40.5 Å². The number of hydrogen-bond acceptors (Lipinski definition) is 2. The zero-order chi connectivity index (χ0) is 15.3. The molecule has 0 unspecified atom stereocenters. The van der Waals surface area contributed by atoms with Crippen LogP contribution in [0.2, 0.25) is 0 Å². The van der Waals surface area contributed by atoms with E-state index in [9.17, 15) is 9.90 Å². The fourth-order valence-electron chi connectivity index (χ4n) is 4.59. The third-order valence-corrected chi connectivity index (χ3v) is 5.43. The van der Waals surface area contributed by atoms with Crippen LogP contribution in [0.1, 0.15) is 78.1 Å². The summed E-state index contributed by atoms with van der Waals surface area (Å²) >= 11 is 0. The average Bonchev–Trinajstić information content (AvgIpc) is 2.94. The lowest BCUT2D eigenvalue weighted by atomic mass is 9.76. The van der Waals surface area contributed by atoms with E-state index in [2.05, 4.69) is 18.7 Å². The molecular formula is C18H33NO2. The van der Waals surface area contributed by atoms with Crippen molar-refractivity contribution in [3.63, 3.8) is 0 Å². The van der Waals surface area contributed by atoms with Gasteiger partial charge in [-0.2, -0.15) is 0 Å². The Balaban J connectivity index is 2.14. The Kier molecular flexibility index (Phi) is 6.09. The van der Waals surface area contributed by atoms with Crippen LogP contribution in [0, 0.1) is 11.3 Å². The molecule has 0 aromatic carbocycles. The lowest BCUT2D eigenvalue weighted by Crippen LogP contribution is -2.50. The van der Waals surface area contributed by atoms with Gasteiger partial charge in [0.05, 0.1) is 6.61 Å². The fraction of sp³-hybridized carbons (Fsp3) is 0.944. The molecule has 2 aliphatic rings. The quantitative estimate of drug-likeness (QED) is 0.811. The van der Waals surface area contributed by atoms with Gasteiger partial charge in [-0.1, -0.05) is 46.0 Å². The van der Waals surface area contributed by atoms with E-state index in [-0.39, 0.29) is 12.0 Å². The molecule has 2 saturated carbocycles. The second-order valence-corrected chi connectivity index (χ2v) is 7.60. The minimum absolute atomic E-state index is 0.0972. The second kappa shape index (κ2) is 7.62. The van der Waals surface area contributed by atoms with Crippen molar-refractivity contribution >= 4 is 5.91 Å². The van der Waals surface area contributed by atoms with E-state index >= 15 is 0 Å². The first-order valence-corrected chi connectivity index (χ1v) is 9.01. The van der Waals surface area contributed by atoms with Gasteiger partial charge in [-0.15, -0.1) is 0 Å². The average molecular weight is 295 g/mol. The smallest absolute Gasteiger partial charge is 0.229 e. The lowest BCUT2D eigenvalue weighted by molar-refractivity contribution is -0.147. The Hall–Kier alpha value is -0.570. The Morgan fingerprint density at radius 1 is 1.14 bits per heavy atom. The third kappa shape index (κ3) is 4.00. The zero-order valence-electron chi connectivity index (χ0n) is 13.9. The largest absolute Gasteiger partial charge is 0.395 e. The number of carbonyl (C=O) groups excluding carboxylic acids is 1. The van der Waals surface area contributed by atoms with Gasteiger partial charge in [0, 0.05) is 18.0 Å². The molecule has 2 aliphatic carbocycles. The van der Waals surface area contributed by atoms with Crippen LogP contribution in [0.4, 0.5) is 0 Å². The Labute approximate surface area is 130 Å². The normalized spacial score (nSPS) is 22.7. The summed E-state index contributed by atoms with van der Waals surface area (Å²) in [7, 11) is 0. The van der Waals surface area contributed by atoms with Crippen LogP contribution in [-0.2, 0) is 4.79 Å². The number of aliphatic hydroxyl groups is 1. The lowest BCUT2D eigenvalue weighted by Gasteiger charge is -2.41. The number of aliphatic hydroxyl groups excluding tert-OH is 1. The van der Waals surface area contributed by atoms with Crippen LogP contribution in [0.5, 0.6) is 0 Å². The minimum Gasteiger partial charge on any atom is -0.395 e. The van der Waals surface area contributed by atoms with E-state index in [1.807, 2.05) is 0 Å². The summed E-state index contributed by atoms with van der Waals surface area (Å²) in [5.41, 5.74) is -0.124. The van der Waals surface area contributed by atoms with Crippen molar-refractivity contribution in [3.05, 3.63) is 0 Å². The molecular weight excluding hydrogens is 262 g/mol. The van der Waals surface area contributed by atoms with Crippen LogP contribution < -0.4 is 0 Å². The van der Waals surface area contributed by atoms with Crippen molar-refractivity contribution in [2.45, 2.75) is 84.1 Å². The molecule has 0 aromatic heterocycles. The zero-order valence-corrected chi connectivity index (χ0v) is 13.9. The van der Waals surface area contributed by atoms with Gasteiger partial charge in [-0.05, 0) is 38.0 Å². The van der Waals surface area contributed by atoms with Crippen LogP contribution in [0.25, 0.3) is 0 Å². The molecule has 1 N–H and O–H groups in total. The standard InChI is InChI=1S/C18H33NO2/c1-15(2)14-18(10-6-7-11-18)17(21)19(12-13-20)16-8-4-3-5-9-16/h15-16,20H,3-14H2,1-2H3. The van der Waals surface area contributed by atoms with Crippen LogP contribution in [0.3, 0.4) is 0 Å². The van der Waals surface area contributed by atoms with Crippen molar-refractivity contribution in [2.24, 2.45) is 11.3 Å². The third-order valence-electron chi connectivity index (χ3n) is 5.43. The molecule has 3 nitrogen and oxygen atoms in total. The molecule has 0 aromatic rings. The van der Waals surface area contributed by atoms with Crippen molar-refractivity contribution in [3.8, 4) is 0 Å². The number of amides is 1. The minimum atomic E-state index is -0.124. The predicted molar refractivity (Wildman–Crippen MR) is 86.0 cm³/mol. The van der Waals surface area contributed by atoms with Gasteiger partial charge in [0.2, 0.25) is 5.91 Å². The maximum absolute atomic E-state index is 13.3. The number of hydrogen-bond donors (Lipinski definition) is 1. The maximum atomic E-state index is 13.3. The number of nitrogens with zero attached hydrogens (tertiary/aromatic N) is 1. The number of rotatable bonds is 6. The molecule has 21 heavy (non-hydrogen) atoms. The highest BCUT2D eigenvalue weighted by Crippen LogP contribution is 2.45. The van der Waals surface area contributed by atoms with Gasteiger partial charge < -0.3 is 10.0 Å². The summed E-state index contributed by atoms with van der Waals surface area (Å²) in [6.07, 6.45) is 11.5. The molecule has 2 fully saturated rings. The van der Waals surface area contributed by atoms with E-state index < -0.39 is 0 Å². The molecule has 0 heterocycles. The summed E-state index contributed by atoms with van der Waals surface area (Å²) < 4.78 is 0. The highest BCUT2D eigenvalue weighted by molar-refractivity contribution is 5.83. The Morgan fingerprint density at radius 3 is 2.29 bits per heavy atom. The van der Waals surface area contributed by atoms with E-state index in [1.54, 1.807) is 0 Å². The molecule has 0 saturated heterocycles. The van der Waals surface area contributed by atoms with E-state index in [4.69, 9.17) is 0 Å². The summed E-state index contributed by atoms with van der Waals surface area (Å²) in [6, 6.07) is 0.378. The van der Waals surface area contributed by atoms with Crippen LogP contribution >= 0.6 is 0 Å². The first-order chi connectivity index (χ1) is 10.1.